The van der Waals surface area contributed by atoms with Crippen molar-refractivity contribution in [3.05, 3.63) is 67.3 Å². The number of hydrogen-bond acceptors (Lipinski definition) is 3. The second kappa shape index (κ2) is 5.31. The van der Waals surface area contributed by atoms with E-state index in [9.17, 15) is 4.79 Å². The summed E-state index contributed by atoms with van der Waals surface area (Å²) in [4.78, 5) is 12.3. The van der Waals surface area contributed by atoms with E-state index in [-0.39, 0.29) is 0 Å². The zero-order chi connectivity index (χ0) is 13.9. The average Bonchev–Trinajstić information content (AvgIpc) is 2.91. The molecule has 1 aromatic heterocycles. The Morgan fingerprint density at radius 1 is 1.10 bits per heavy atom. The van der Waals surface area contributed by atoms with E-state index in [2.05, 4.69) is 24.8 Å². The molecule has 20 heavy (non-hydrogen) atoms. The summed E-state index contributed by atoms with van der Waals surface area (Å²) < 4.78 is 6.33. The molecule has 0 saturated heterocycles. The molecule has 3 aromatic rings. The fourth-order valence-electron chi connectivity index (χ4n) is 1.97. The third-order valence-corrected chi connectivity index (χ3v) is 4.11. The molecule has 0 bridgehead atoms. The molecule has 0 aliphatic rings. The van der Waals surface area contributed by atoms with Gasteiger partial charge in [0.25, 0.3) is 0 Å². The predicted molar refractivity (Wildman–Crippen MR) is 83.1 cm³/mol. The van der Waals surface area contributed by atoms with Crippen LogP contribution in [0.2, 0.25) is 0 Å². The maximum Gasteiger partial charge on any atom is 0.335 e. The maximum atomic E-state index is 11.1. The van der Waals surface area contributed by atoms with Crippen LogP contribution in [0.3, 0.4) is 0 Å². The van der Waals surface area contributed by atoms with E-state index < -0.39 is 5.97 Å². The van der Waals surface area contributed by atoms with Crippen molar-refractivity contribution in [1.82, 2.24) is 0 Å². The minimum absolute atomic E-state index is 0.445. The van der Waals surface area contributed by atoms with Gasteiger partial charge in [-0.05, 0) is 47.3 Å². The molecular weight excluding hydrogens is 268 g/mol. The zero-order valence-corrected chi connectivity index (χ0v) is 11.5. The molecule has 0 atom stereocenters. The number of thiophene rings is 1. The van der Waals surface area contributed by atoms with Gasteiger partial charge in [-0.25, -0.2) is 4.79 Å². The van der Waals surface area contributed by atoms with E-state index in [1.165, 1.54) is 15.0 Å². The smallest absolute Gasteiger partial charge is 0.335 e. The maximum absolute atomic E-state index is 11.1. The Balaban J connectivity index is 1.90. The first-order valence-electron chi connectivity index (χ1n) is 6.19. The predicted octanol–water partition coefficient (Wildman–Crippen LogP) is 4.66. The van der Waals surface area contributed by atoms with E-state index in [0.29, 0.717) is 5.75 Å². The monoisotopic (exact) mass is 280 g/mol. The summed E-state index contributed by atoms with van der Waals surface area (Å²) in [5.41, 5.74) is 1.12. The molecule has 98 valence electrons. The molecule has 0 fully saturated rings. The molecular formula is C17H12O2S. The fourth-order valence-corrected chi connectivity index (χ4v) is 3.04. The molecule has 2 aromatic carbocycles. The summed E-state index contributed by atoms with van der Waals surface area (Å²) in [6.07, 6.45) is 1.15. The molecule has 0 spiro atoms. The first-order chi connectivity index (χ1) is 9.76. The molecule has 3 rings (SSSR count). The highest BCUT2D eigenvalue weighted by Crippen LogP contribution is 2.33. The Labute approximate surface area is 120 Å². The number of ether oxygens (including phenoxy) is 1. The van der Waals surface area contributed by atoms with Gasteiger partial charge in [-0.2, -0.15) is 0 Å². The van der Waals surface area contributed by atoms with Crippen LogP contribution in [0, 0.1) is 0 Å². The Bertz CT molecular complexity index is 736. The molecule has 1 heterocycles. The van der Waals surface area contributed by atoms with Gasteiger partial charge in [-0.3, -0.25) is 0 Å². The van der Waals surface area contributed by atoms with Crippen LogP contribution in [0.25, 0.3) is 20.5 Å². The van der Waals surface area contributed by atoms with E-state index >= 15 is 0 Å². The highest BCUT2D eigenvalue weighted by Gasteiger charge is 2.05. The fraction of sp³-hybridized carbons (Fsp3) is 0. The third kappa shape index (κ3) is 2.49. The van der Waals surface area contributed by atoms with Gasteiger partial charge in [0.05, 0.1) is 0 Å². The Morgan fingerprint density at radius 3 is 2.55 bits per heavy atom. The largest absolute Gasteiger partial charge is 0.423 e. The zero-order valence-electron chi connectivity index (χ0n) is 10.7. The number of benzene rings is 2. The molecule has 0 saturated carbocycles. The molecule has 3 heteroatoms. The topological polar surface area (TPSA) is 26.3 Å². The quantitative estimate of drug-likeness (QED) is 0.396. The summed E-state index contributed by atoms with van der Waals surface area (Å²) in [6, 6.07) is 18.0. The minimum Gasteiger partial charge on any atom is -0.423 e. The van der Waals surface area contributed by atoms with E-state index in [1.807, 2.05) is 24.3 Å². The van der Waals surface area contributed by atoms with E-state index in [1.54, 1.807) is 23.5 Å². The van der Waals surface area contributed by atoms with Gasteiger partial charge in [-0.15, -0.1) is 11.3 Å². The second-order valence-electron chi connectivity index (χ2n) is 4.30. The molecule has 0 aliphatic carbocycles. The normalized spacial score (nSPS) is 10.4. The SMILES string of the molecule is C=CC(=O)Oc1ccc(-c2cc3ccccc3s2)cc1. The Kier molecular flexibility index (Phi) is 3.35. The van der Waals surface area contributed by atoms with Crippen molar-refractivity contribution in [2.75, 3.05) is 0 Å². The van der Waals surface area contributed by atoms with E-state index in [0.717, 1.165) is 11.6 Å². The summed E-state index contributed by atoms with van der Waals surface area (Å²) in [6.45, 7) is 3.37. The second-order valence-corrected chi connectivity index (χ2v) is 5.38. The molecule has 0 N–H and O–H groups in total. The lowest BCUT2D eigenvalue weighted by Crippen LogP contribution is -2.02. The van der Waals surface area contributed by atoms with Crippen molar-refractivity contribution in [1.29, 1.82) is 0 Å². The average molecular weight is 280 g/mol. The lowest BCUT2D eigenvalue weighted by molar-refractivity contribution is -0.128. The van der Waals surface area contributed by atoms with Gasteiger partial charge >= 0.3 is 5.97 Å². The first kappa shape index (κ1) is 12.6. The molecule has 2 nitrogen and oxygen atoms in total. The lowest BCUT2D eigenvalue weighted by Gasteiger charge is -2.02. The van der Waals surface area contributed by atoms with Gasteiger partial charge in [0, 0.05) is 15.7 Å². The van der Waals surface area contributed by atoms with Crippen molar-refractivity contribution in [3.63, 3.8) is 0 Å². The van der Waals surface area contributed by atoms with Crippen LogP contribution in [0.15, 0.2) is 67.3 Å². The van der Waals surface area contributed by atoms with Crippen molar-refractivity contribution >= 4 is 27.4 Å². The van der Waals surface area contributed by atoms with Crippen molar-refractivity contribution in [2.45, 2.75) is 0 Å². The third-order valence-electron chi connectivity index (χ3n) is 2.95. The lowest BCUT2D eigenvalue weighted by atomic mass is 10.1. The number of carbonyl (C=O) groups excluding carboxylic acids is 1. The van der Waals surface area contributed by atoms with Crippen molar-refractivity contribution in [3.8, 4) is 16.2 Å². The molecule has 0 aliphatic heterocycles. The highest BCUT2D eigenvalue weighted by atomic mass is 32.1. The molecule has 0 radical (unpaired) electrons. The van der Waals surface area contributed by atoms with Crippen LogP contribution in [-0.4, -0.2) is 5.97 Å². The summed E-state index contributed by atoms with van der Waals surface area (Å²) in [5, 5.41) is 1.25. The highest BCUT2D eigenvalue weighted by molar-refractivity contribution is 7.22. The number of hydrogen-bond donors (Lipinski definition) is 0. The number of carbonyl (C=O) groups is 1. The van der Waals surface area contributed by atoms with E-state index in [4.69, 9.17) is 4.74 Å². The summed E-state index contributed by atoms with van der Waals surface area (Å²) >= 11 is 1.75. The van der Waals surface area contributed by atoms with Gasteiger partial charge in [0.15, 0.2) is 0 Å². The summed E-state index contributed by atoms with van der Waals surface area (Å²) in [5.74, 6) is 0.0828. The number of rotatable bonds is 3. The molecule has 0 unspecified atom stereocenters. The van der Waals surface area contributed by atoms with Crippen LogP contribution in [-0.2, 0) is 4.79 Å². The van der Waals surface area contributed by atoms with Crippen LogP contribution in [0.4, 0.5) is 0 Å². The van der Waals surface area contributed by atoms with Crippen LogP contribution >= 0.6 is 11.3 Å². The van der Waals surface area contributed by atoms with Gasteiger partial charge in [0.1, 0.15) is 5.75 Å². The standard InChI is InChI=1S/C17H12O2S/c1-2-17(18)19-14-9-7-12(8-10-14)16-11-13-5-3-4-6-15(13)20-16/h2-11H,1H2. The minimum atomic E-state index is -0.445. The first-order valence-corrected chi connectivity index (χ1v) is 7.01. The van der Waals surface area contributed by atoms with Crippen LogP contribution in [0.1, 0.15) is 0 Å². The molecule has 0 amide bonds. The van der Waals surface area contributed by atoms with Crippen molar-refractivity contribution < 1.29 is 9.53 Å². The Morgan fingerprint density at radius 2 is 1.85 bits per heavy atom. The number of fused-ring (bicyclic) bond motifs is 1. The van der Waals surface area contributed by atoms with Gasteiger partial charge < -0.3 is 4.74 Å². The van der Waals surface area contributed by atoms with Gasteiger partial charge in [-0.1, -0.05) is 24.8 Å². The Hall–Kier alpha value is -2.39. The van der Waals surface area contributed by atoms with Crippen LogP contribution < -0.4 is 4.74 Å². The van der Waals surface area contributed by atoms with Gasteiger partial charge in [0.2, 0.25) is 0 Å². The van der Waals surface area contributed by atoms with Crippen molar-refractivity contribution in [2.24, 2.45) is 0 Å². The summed E-state index contributed by atoms with van der Waals surface area (Å²) in [7, 11) is 0. The number of esters is 1. The van der Waals surface area contributed by atoms with Crippen LogP contribution in [0.5, 0.6) is 5.75 Å².